The second-order valence-corrected chi connectivity index (χ2v) is 5.97. The highest BCUT2D eigenvalue weighted by Gasteiger charge is 2.37. The summed E-state index contributed by atoms with van der Waals surface area (Å²) in [6.07, 6.45) is 3.87. The van der Waals surface area contributed by atoms with Gasteiger partial charge in [0.2, 0.25) is 5.91 Å². The zero-order chi connectivity index (χ0) is 17.3. The molecule has 0 saturated heterocycles. The van der Waals surface area contributed by atoms with Crippen LogP contribution in [0.3, 0.4) is 0 Å². The summed E-state index contributed by atoms with van der Waals surface area (Å²) in [7, 11) is 1.63. The van der Waals surface area contributed by atoms with E-state index < -0.39 is 5.54 Å². The number of rotatable bonds is 2. The van der Waals surface area contributed by atoms with E-state index in [-0.39, 0.29) is 18.3 Å². The number of amides is 1. The van der Waals surface area contributed by atoms with E-state index in [0.29, 0.717) is 0 Å². The van der Waals surface area contributed by atoms with Crippen molar-refractivity contribution in [1.82, 2.24) is 14.7 Å². The molecule has 3 rings (SSSR count). The molecule has 1 aliphatic rings. The second kappa shape index (κ2) is 5.85. The van der Waals surface area contributed by atoms with E-state index in [9.17, 15) is 4.79 Å². The van der Waals surface area contributed by atoms with Gasteiger partial charge in [-0.15, -0.1) is 5.92 Å². The summed E-state index contributed by atoms with van der Waals surface area (Å²) in [6, 6.07) is 7.81. The molecule has 6 nitrogen and oxygen atoms in total. The number of hydrogen-bond acceptors (Lipinski definition) is 4. The van der Waals surface area contributed by atoms with Gasteiger partial charge in [0.15, 0.2) is 5.96 Å². The molecule has 0 unspecified atom stereocenters. The van der Waals surface area contributed by atoms with Crippen LogP contribution in [-0.2, 0) is 10.3 Å². The third-order valence-corrected chi connectivity index (χ3v) is 4.16. The van der Waals surface area contributed by atoms with Crippen LogP contribution < -0.4 is 5.73 Å². The highest BCUT2D eigenvalue weighted by Crippen LogP contribution is 2.32. The Hall–Kier alpha value is -3.07. The van der Waals surface area contributed by atoms with Gasteiger partial charge < -0.3 is 5.73 Å². The van der Waals surface area contributed by atoms with Crippen LogP contribution in [0.2, 0.25) is 0 Å². The third-order valence-electron chi connectivity index (χ3n) is 4.16. The molecule has 1 aromatic carbocycles. The van der Waals surface area contributed by atoms with Gasteiger partial charge in [-0.3, -0.25) is 9.69 Å². The van der Waals surface area contributed by atoms with Gasteiger partial charge in [-0.05, 0) is 32.0 Å². The van der Waals surface area contributed by atoms with Crippen LogP contribution >= 0.6 is 0 Å². The van der Waals surface area contributed by atoms with Crippen LogP contribution in [0.5, 0.6) is 0 Å². The topological polar surface area (TPSA) is 76.5 Å². The van der Waals surface area contributed by atoms with E-state index in [0.717, 1.165) is 16.8 Å². The molecule has 0 spiro atoms. The lowest BCUT2D eigenvalue weighted by Crippen LogP contribution is -2.47. The number of hydrogen-bond donors (Lipinski definition) is 1. The fraction of sp³-hybridized carbons (Fsp3) is 0.278. The minimum atomic E-state index is -0.702. The first-order valence-electron chi connectivity index (χ1n) is 7.63. The molecule has 2 aromatic rings. The number of benzene rings is 1. The minimum absolute atomic E-state index is 0.0574. The molecule has 2 heterocycles. The van der Waals surface area contributed by atoms with Crippen molar-refractivity contribution in [2.45, 2.75) is 25.8 Å². The second-order valence-electron chi connectivity index (χ2n) is 5.97. The number of nitrogens with two attached hydrogens (primary N) is 1. The molecule has 0 fully saturated rings. The summed E-state index contributed by atoms with van der Waals surface area (Å²) < 4.78 is 1.76. The van der Waals surface area contributed by atoms with Crippen molar-refractivity contribution >= 4 is 11.9 Å². The highest BCUT2D eigenvalue weighted by atomic mass is 16.2. The maximum absolute atomic E-state index is 12.1. The molecule has 6 heteroatoms. The van der Waals surface area contributed by atoms with Gasteiger partial charge in [0, 0.05) is 24.4 Å². The third kappa shape index (κ3) is 2.76. The summed E-state index contributed by atoms with van der Waals surface area (Å²) in [6.45, 7) is 3.70. The summed E-state index contributed by atoms with van der Waals surface area (Å²) in [5.74, 6) is 6.08. The molecule has 0 aliphatic carbocycles. The lowest BCUT2D eigenvalue weighted by Gasteiger charge is -2.32. The molecule has 1 aliphatic heterocycles. The Morgan fingerprint density at radius 1 is 1.38 bits per heavy atom. The van der Waals surface area contributed by atoms with Gasteiger partial charge in [-0.2, -0.15) is 5.10 Å². The lowest BCUT2D eigenvalue weighted by molar-refractivity contribution is -0.128. The number of carbonyl (C=O) groups is 1. The van der Waals surface area contributed by atoms with Gasteiger partial charge in [-0.1, -0.05) is 12.0 Å². The molecular weight excluding hydrogens is 302 g/mol. The van der Waals surface area contributed by atoms with E-state index in [1.165, 1.54) is 4.90 Å². The van der Waals surface area contributed by atoms with Crippen molar-refractivity contribution in [2.24, 2.45) is 10.7 Å². The first-order valence-corrected chi connectivity index (χ1v) is 7.63. The van der Waals surface area contributed by atoms with Crippen LogP contribution in [0, 0.1) is 11.8 Å². The number of carbonyl (C=O) groups excluding carboxylic acids is 1. The molecule has 1 aromatic heterocycles. The summed E-state index contributed by atoms with van der Waals surface area (Å²) >= 11 is 0. The minimum Gasteiger partial charge on any atom is -0.369 e. The average molecular weight is 321 g/mol. The van der Waals surface area contributed by atoms with Crippen molar-refractivity contribution in [3.05, 3.63) is 47.8 Å². The van der Waals surface area contributed by atoms with Gasteiger partial charge in [-0.25, -0.2) is 9.67 Å². The first kappa shape index (κ1) is 15.8. The Morgan fingerprint density at radius 2 is 2.17 bits per heavy atom. The molecule has 1 amide bonds. The molecule has 0 saturated carbocycles. The van der Waals surface area contributed by atoms with Crippen LogP contribution in [-0.4, -0.2) is 33.6 Å². The van der Waals surface area contributed by atoms with Crippen molar-refractivity contribution in [1.29, 1.82) is 0 Å². The van der Waals surface area contributed by atoms with E-state index >= 15 is 0 Å². The van der Waals surface area contributed by atoms with Gasteiger partial charge in [0.25, 0.3) is 0 Å². The molecule has 24 heavy (non-hydrogen) atoms. The van der Waals surface area contributed by atoms with E-state index in [1.54, 1.807) is 24.9 Å². The van der Waals surface area contributed by atoms with Gasteiger partial charge in [0.1, 0.15) is 0 Å². The standard InChI is InChI=1S/C18H19N5O/c1-4-6-13-7-5-8-15(9-13)23-12-14(11-20-23)18(2)10-16(24)22(3)17(19)21-18/h5,7-9,11-12H,10H2,1-3H3,(H2,19,21)/t18-/m0/s1. The SMILES string of the molecule is CC#Cc1cccc(-n2cc([C@]3(C)CC(=O)N(C)C(N)=N3)cn2)c1. The number of aliphatic imine (C=N–C) groups is 1. The van der Waals surface area contributed by atoms with Crippen molar-refractivity contribution in [3.63, 3.8) is 0 Å². The zero-order valence-corrected chi connectivity index (χ0v) is 13.9. The van der Waals surface area contributed by atoms with E-state index in [4.69, 9.17) is 5.73 Å². The Labute approximate surface area is 141 Å². The van der Waals surface area contributed by atoms with Crippen molar-refractivity contribution < 1.29 is 4.79 Å². The smallest absolute Gasteiger partial charge is 0.231 e. The molecule has 1 atom stereocenters. The predicted octanol–water partition coefficient (Wildman–Crippen LogP) is 1.64. The monoisotopic (exact) mass is 321 g/mol. The summed E-state index contributed by atoms with van der Waals surface area (Å²) in [5.41, 5.74) is 7.84. The molecule has 122 valence electrons. The average Bonchev–Trinajstić information content (AvgIpc) is 3.04. The zero-order valence-electron chi connectivity index (χ0n) is 13.9. The Balaban J connectivity index is 1.97. The molecule has 2 N–H and O–H groups in total. The van der Waals surface area contributed by atoms with Gasteiger partial charge in [0.05, 0.1) is 23.8 Å². The fourth-order valence-corrected chi connectivity index (χ4v) is 2.69. The largest absolute Gasteiger partial charge is 0.369 e. The number of guanidine groups is 1. The fourth-order valence-electron chi connectivity index (χ4n) is 2.69. The van der Waals surface area contributed by atoms with Crippen LogP contribution in [0.1, 0.15) is 31.4 Å². The normalized spacial score (nSPS) is 20.4. The van der Waals surface area contributed by atoms with E-state index in [2.05, 4.69) is 21.9 Å². The Kier molecular flexibility index (Phi) is 3.86. The molecule has 0 bridgehead atoms. The van der Waals surface area contributed by atoms with Crippen LogP contribution in [0.25, 0.3) is 5.69 Å². The van der Waals surface area contributed by atoms with Crippen molar-refractivity contribution in [3.8, 4) is 17.5 Å². The predicted molar refractivity (Wildman–Crippen MR) is 92.5 cm³/mol. The number of nitrogens with zero attached hydrogens (tertiary/aromatic N) is 4. The maximum Gasteiger partial charge on any atom is 0.231 e. The number of aromatic nitrogens is 2. The highest BCUT2D eigenvalue weighted by molar-refractivity contribution is 5.98. The van der Waals surface area contributed by atoms with E-state index in [1.807, 2.05) is 37.4 Å². The Bertz CT molecular complexity index is 886. The maximum atomic E-state index is 12.1. The van der Waals surface area contributed by atoms with Gasteiger partial charge >= 0.3 is 0 Å². The lowest BCUT2D eigenvalue weighted by atomic mass is 9.90. The Morgan fingerprint density at radius 3 is 2.88 bits per heavy atom. The first-order chi connectivity index (χ1) is 11.4. The molecule has 0 radical (unpaired) electrons. The summed E-state index contributed by atoms with van der Waals surface area (Å²) in [5, 5.41) is 4.41. The van der Waals surface area contributed by atoms with Crippen molar-refractivity contribution in [2.75, 3.05) is 7.05 Å². The van der Waals surface area contributed by atoms with Crippen LogP contribution in [0.4, 0.5) is 0 Å². The quantitative estimate of drug-likeness (QED) is 0.854. The molecular formula is C18H19N5O. The van der Waals surface area contributed by atoms with Crippen LogP contribution in [0.15, 0.2) is 41.7 Å². The summed E-state index contributed by atoms with van der Waals surface area (Å²) in [4.78, 5) is 18.0.